The molecule has 0 saturated heterocycles. The number of benzene rings is 3. The van der Waals surface area contributed by atoms with Crippen LogP contribution >= 0.6 is 11.6 Å². The third kappa shape index (κ3) is 7.56. The van der Waals surface area contributed by atoms with Crippen LogP contribution in [0.5, 0.6) is 5.75 Å². The first-order chi connectivity index (χ1) is 19.8. The highest BCUT2D eigenvalue weighted by Crippen LogP contribution is 2.30. The van der Waals surface area contributed by atoms with E-state index in [1.807, 2.05) is 0 Å². The highest BCUT2D eigenvalue weighted by Gasteiger charge is 2.33. The molecule has 0 bridgehead atoms. The van der Waals surface area contributed by atoms with Crippen LogP contribution in [0.1, 0.15) is 31.9 Å². The summed E-state index contributed by atoms with van der Waals surface area (Å²) in [5, 5.41) is 14.7. The maximum absolute atomic E-state index is 14.0. The summed E-state index contributed by atoms with van der Waals surface area (Å²) < 4.78 is 34.0. The van der Waals surface area contributed by atoms with Gasteiger partial charge in [0.1, 0.15) is 18.3 Å². The van der Waals surface area contributed by atoms with Crippen molar-refractivity contribution in [3.05, 3.63) is 93.0 Å². The topological polar surface area (TPSA) is 139 Å². The van der Waals surface area contributed by atoms with Crippen LogP contribution in [0.15, 0.2) is 71.6 Å². The van der Waals surface area contributed by atoms with Crippen molar-refractivity contribution in [1.82, 2.24) is 10.2 Å². The molecule has 0 unspecified atom stereocenters. The number of rotatable bonds is 12. The number of hydrogen-bond acceptors (Lipinski definition) is 7. The van der Waals surface area contributed by atoms with E-state index < -0.39 is 39.3 Å². The molecule has 1 N–H and O–H groups in total. The van der Waals surface area contributed by atoms with Crippen molar-refractivity contribution < 1.29 is 27.7 Å². The Labute approximate surface area is 250 Å². The number of carbonyl (C=O) groups excluding carboxylic acids is 2. The van der Waals surface area contributed by atoms with Crippen molar-refractivity contribution >= 4 is 44.8 Å². The Morgan fingerprint density at radius 3 is 2.26 bits per heavy atom. The molecule has 0 aromatic heterocycles. The molecule has 1 atom stereocenters. The molecule has 13 heteroatoms. The zero-order valence-electron chi connectivity index (χ0n) is 23.9. The summed E-state index contributed by atoms with van der Waals surface area (Å²) in [5.41, 5.74) is 0.576. The van der Waals surface area contributed by atoms with Crippen LogP contribution in [-0.4, -0.2) is 55.8 Å². The van der Waals surface area contributed by atoms with E-state index in [0.29, 0.717) is 16.3 Å². The predicted octanol–water partition coefficient (Wildman–Crippen LogP) is 4.70. The second kappa shape index (κ2) is 13.7. The summed E-state index contributed by atoms with van der Waals surface area (Å²) in [6.07, 6.45) is 0. The van der Waals surface area contributed by atoms with Gasteiger partial charge in [0.25, 0.3) is 15.7 Å². The Morgan fingerprint density at radius 1 is 1.05 bits per heavy atom. The van der Waals surface area contributed by atoms with Gasteiger partial charge in [-0.2, -0.15) is 0 Å². The molecule has 11 nitrogen and oxygen atoms in total. The number of methoxy groups -OCH3 is 1. The Hall–Kier alpha value is -4.16. The van der Waals surface area contributed by atoms with Gasteiger partial charge in [0.15, 0.2) is 0 Å². The number of nitrogens with one attached hydrogen (secondary N) is 1. The number of nitro groups is 1. The third-order valence-corrected chi connectivity index (χ3v) is 8.64. The normalized spacial score (nSPS) is 12.0. The van der Waals surface area contributed by atoms with Crippen molar-refractivity contribution in [2.45, 2.75) is 51.2 Å². The van der Waals surface area contributed by atoms with Gasteiger partial charge in [0, 0.05) is 29.2 Å². The first-order valence-electron chi connectivity index (χ1n) is 13.0. The average molecular weight is 617 g/mol. The number of hydrogen-bond donors (Lipinski definition) is 1. The minimum absolute atomic E-state index is 0.0717. The molecule has 0 aliphatic heterocycles. The number of nitrogens with zero attached hydrogens (tertiary/aromatic N) is 3. The fraction of sp³-hybridized carbons (Fsp3) is 0.310. The summed E-state index contributed by atoms with van der Waals surface area (Å²) in [6, 6.07) is 15.1. The number of halogens is 1. The first kappa shape index (κ1) is 32.4. The minimum Gasteiger partial charge on any atom is -0.497 e. The van der Waals surface area contributed by atoms with Crippen molar-refractivity contribution in [3.63, 3.8) is 0 Å². The molecule has 3 rings (SSSR count). The number of ether oxygens (including phenoxy) is 1. The van der Waals surface area contributed by atoms with Gasteiger partial charge in [0.05, 0.1) is 22.6 Å². The molecule has 3 aromatic rings. The molecule has 224 valence electrons. The quantitative estimate of drug-likeness (QED) is 0.230. The smallest absolute Gasteiger partial charge is 0.273 e. The molecule has 42 heavy (non-hydrogen) atoms. The lowest BCUT2D eigenvalue weighted by Gasteiger charge is -2.32. The second-order valence-corrected chi connectivity index (χ2v) is 12.1. The standard InChI is InChI=1S/C29H33ClN4O7S/c1-19(2)31-29(36)21(4)32(17-22-8-6-7-9-26(22)30)28(35)18-33(23-11-13-24(41-5)14-12-23)42(39,40)25-15-10-20(3)27(16-25)34(37)38/h6-16,19,21H,17-18H2,1-5H3,(H,31,36)/t21-/m0/s1. The summed E-state index contributed by atoms with van der Waals surface area (Å²) >= 11 is 6.37. The van der Waals surface area contributed by atoms with Crippen LogP contribution in [0.2, 0.25) is 5.02 Å². The third-order valence-electron chi connectivity index (χ3n) is 6.50. The maximum atomic E-state index is 14.0. The molecule has 0 fully saturated rings. The molecule has 2 amide bonds. The molecule has 0 aliphatic carbocycles. The zero-order valence-corrected chi connectivity index (χ0v) is 25.5. The van der Waals surface area contributed by atoms with Gasteiger partial charge in [-0.25, -0.2) is 8.42 Å². The van der Waals surface area contributed by atoms with Crippen LogP contribution in [0.25, 0.3) is 0 Å². The number of amides is 2. The monoisotopic (exact) mass is 616 g/mol. The predicted molar refractivity (Wildman–Crippen MR) is 160 cm³/mol. The highest BCUT2D eigenvalue weighted by molar-refractivity contribution is 7.92. The number of sulfonamides is 1. The molecule has 3 aromatic carbocycles. The lowest BCUT2D eigenvalue weighted by atomic mass is 10.1. The van der Waals surface area contributed by atoms with Gasteiger partial charge in [-0.15, -0.1) is 0 Å². The van der Waals surface area contributed by atoms with Gasteiger partial charge in [-0.05, 0) is 69.7 Å². The van der Waals surface area contributed by atoms with Crippen LogP contribution in [0, 0.1) is 17.0 Å². The average Bonchev–Trinajstić information content (AvgIpc) is 2.94. The van der Waals surface area contributed by atoms with Gasteiger partial charge in [-0.3, -0.25) is 24.0 Å². The van der Waals surface area contributed by atoms with Crippen molar-refractivity contribution in [1.29, 1.82) is 0 Å². The Bertz CT molecular complexity index is 1560. The van der Waals surface area contributed by atoms with E-state index in [9.17, 15) is 28.1 Å². The minimum atomic E-state index is -4.51. The van der Waals surface area contributed by atoms with Crippen molar-refractivity contribution in [2.75, 3.05) is 18.0 Å². The van der Waals surface area contributed by atoms with Crippen LogP contribution in [-0.2, 0) is 26.2 Å². The Morgan fingerprint density at radius 2 is 1.69 bits per heavy atom. The Kier molecular flexibility index (Phi) is 10.5. The van der Waals surface area contributed by atoms with Crippen LogP contribution in [0.3, 0.4) is 0 Å². The van der Waals surface area contributed by atoms with E-state index >= 15 is 0 Å². The molecule has 0 saturated carbocycles. The summed E-state index contributed by atoms with van der Waals surface area (Å²) in [4.78, 5) is 38.8. The van der Waals surface area contributed by atoms with Gasteiger partial charge >= 0.3 is 0 Å². The fourth-order valence-electron chi connectivity index (χ4n) is 4.15. The van der Waals surface area contributed by atoms with Gasteiger partial charge in [0.2, 0.25) is 11.8 Å². The zero-order chi connectivity index (χ0) is 31.2. The molecule has 0 aliphatic rings. The fourth-order valence-corrected chi connectivity index (χ4v) is 5.78. The lowest BCUT2D eigenvalue weighted by molar-refractivity contribution is -0.385. The molecule has 0 spiro atoms. The second-order valence-electron chi connectivity index (χ2n) is 9.87. The van der Waals surface area contributed by atoms with E-state index in [4.69, 9.17) is 16.3 Å². The summed E-state index contributed by atoms with van der Waals surface area (Å²) in [7, 11) is -3.05. The summed E-state index contributed by atoms with van der Waals surface area (Å²) in [6.45, 7) is 5.82. The van der Waals surface area contributed by atoms with E-state index in [2.05, 4.69) is 5.32 Å². The van der Waals surface area contributed by atoms with E-state index in [1.54, 1.807) is 45.0 Å². The van der Waals surface area contributed by atoms with E-state index in [-0.39, 0.29) is 34.4 Å². The largest absolute Gasteiger partial charge is 0.497 e. The molecular formula is C29H33ClN4O7S. The number of nitro benzene ring substituents is 1. The van der Waals surface area contributed by atoms with E-state index in [0.717, 1.165) is 10.4 Å². The molecule has 0 radical (unpaired) electrons. The van der Waals surface area contributed by atoms with Gasteiger partial charge in [-0.1, -0.05) is 35.9 Å². The van der Waals surface area contributed by atoms with E-state index in [1.165, 1.54) is 55.3 Å². The molecule has 0 heterocycles. The Balaban J connectivity index is 2.10. The molecular weight excluding hydrogens is 584 g/mol. The highest BCUT2D eigenvalue weighted by atomic mass is 35.5. The van der Waals surface area contributed by atoms with Crippen LogP contribution < -0.4 is 14.4 Å². The number of aryl methyl sites for hydroxylation is 1. The van der Waals surface area contributed by atoms with Gasteiger partial charge < -0.3 is 15.0 Å². The first-order valence-corrected chi connectivity index (χ1v) is 14.8. The SMILES string of the molecule is COc1ccc(N(CC(=O)N(Cc2ccccc2Cl)[C@@H](C)C(=O)NC(C)C)S(=O)(=O)c2ccc(C)c([N+](=O)[O-])c2)cc1. The van der Waals surface area contributed by atoms with Crippen LogP contribution in [0.4, 0.5) is 11.4 Å². The van der Waals surface area contributed by atoms with Crippen molar-refractivity contribution in [3.8, 4) is 5.75 Å². The van der Waals surface area contributed by atoms with Crippen molar-refractivity contribution in [2.24, 2.45) is 0 Å². The number of anilines is 1. The number of carbonyl (C=O) groups is 2. The lowest BCUT2D eigenvalue weighted by Crippen LogP contribution is -2.52. The maximum Gasteiger partial charge on any atom is 0.273 e. The summed E-state index contributed by atoms with van der Waals surface area (Å²) in [5.74, 6) is -0.673.